The lowest BCUT2D eigenvalue weighted by Gasteiger charge is -2.22. The first-order chi connectivity index (χ1) is 11.7. The Morgan fingerprint density at radius 3 is 2.21 bits per heavy atom. The summed E-state index contributed by atoms with van der Waals surface area (Å²) in [7, 11) is 0. The van der Waals surface area contributed by atoms with Gasteiger partial charge in [0.25, 0.3) is 0 Å². The summed E-state index contributed by atoms with van der Waals surface area (Å²) in [5.74, 6) is -0.443. The Labute approximate surface area is 142 Å². The van der Waals surface area contributed by atoms with Crippen molar-refractivity contribution in [3.63, 3.8) is 0 Å². The van der Waals surface area contributed by atoms with E-state index in [9.17, 15) is 9.59 Å². The standard InChI is InChI=1S/C20H22N2O2/c1-2-3-14-4-6-15(7-5-14)16-8-10-17(11-9-16)21-18-12-13-19(23)22-20(18)24/h4-11,18,21H,2-3,12-13H2,1H3,(H,22,23,24). The van der Waals surface area contributed by atoms with E-state index in [2.05, 4.69) is 41.8 Å². The fraction of sp³-hybridized carbons (Fsp3) is 0.300. The van der Waals surface area contributed by atoms with Gasteiger partial charge in [0, 0.05) is 12.1 Å². The van der Waals surface area contributed by atoms with E-state index in [-0.39, 0.29) is 17.9 Å². The van der Waals surface area contributed by atoms with E-state index in [4.69, 9.17) is 0 Å². The van der Waals surface area contributed by atoms with Crippen molar-refractivity contribution in [3.8, 4) is 11.1 Å². The third kappa shape index (κ3) is 3.82. The average molecular weight is 322 g/mol. The molecule has 1 heterocycles. The first kappa shape index (κ1) is 16.2. The van der Waals surface area contributed by atoms with Crippen LogP contribution in [0.15, 0.2) is 48.5 Å². The molecular weight excluding hydrogens is 300 g/mol. The zero-order chi connectivity index (χ0) is 16.9. The lowest BCUT2D eigenvalue weighted by Crippen LogP contribution is -2.47. The van der Waals surface area contributed by atoms with Gasteiger partial charge in [-0.05, 0) is 41.7 Å². The van der Waals surface area contributed by atoms with Crippen LogP contribution in [0.4, 0.5) is 5.69 Å². The molecule has 0 aliphatic carbocycles. The molecule has 4 nitrogen and oxygen atoms in total. The largest absolute Gasteiger partial charge is 0.374 e. The van der Waals surface area contributed by atoms with Crippen LogP contribution in [0.3, 0.4) is 0 Å². The maximum absolute atomic E-state index is 11.8. The van der Waals surface area contributed by atoms with Crippen molar-refractivity contribution >= 4 is 17.5 Å². The van der Waals surface area contributed by atoms with Gasteiger partial charge in [-0.3, -0.25) is 14.9 Å². The molecule has 3 rings (SSSR count). The van der Waals surface area contributed by atoms with Crippen molar-refractivity contribution in [1.29, 1.82) is 0 Å². The molecule has 0 aromatic heterocycles. The zero-order valence-corrected chi connectivity index (χ0v) is 13.8. The highest BCUT2D eigenvalue weighted by molar-refractivity contribution is 6.01. The van der Waals surface area contributed by atoms with Crippen LogP contribution in [0.1, 0.15) is 31.7 Å². The van der Waals surface area contributed by atoms with Crippen LogP contribution >= 0.6 is 0 Å². The molecule has 1 aliphatic heterocycles. The summed E-state index contributed by atoms with van der Waals surface area (Å²) in [6, 6.07) is 16.3. The molecule has 1 atom stereocenters. The second-order valence-corrected chi connectivity index (χ2v) is 6.17. The Morgan fingerprint density at radius 1 is 1.00 bits per heavy atom. The van der Waals surface area contributed by atoms with E-state index in [1.165, 1.54) is 11.1 Å². The summed E-state index contributed by atoms with van der Waals surface area (Å²) in [5.41, 5.74) is 4.57. The van der Waals surface area contributed by atoms with Gasteiger partial charge in [0.05, 0.1) is 0 Å². The van der Waals surface area contributed by atoms with Crippen molar-refractivity contribution in [2.45, 2.75) is 38.6 Å². The van der Waals surface area contributed by atoms with E-state index < -0.39 is 0 Å². The Morgan fingerprint density at radius 2 is 1.62 bits per heavy atom. The number of imide groups is 1. The molecule has 0 spiro atoms. The number of aryl methyl sites for hydroxylation is 1. The van der Waals surface area contributed by atoms with Gasteiger partial charge in [-0.1, -0.05) is 49.7 Å². The quantitative estimate of drug-likeness (QED) is 0.828. The van der Waals surface area contributed by atoms with Crippen LogP contribution in [-0.2, 0) is 16.0 Å². The summed E-state index contributed by atoms with van der Waals surface area (Å²) in [6.07, 6.45) is 3.17. The first-order valence-corrected chi connectivity index (χ1v) is 8.45. The molecule has 1 saturated heterocycles. The Hall–Kier alpha value is -2.62. The molecule has 0 saturated carbocycles. The number of carbonyl (C=O) groups excluding carboxylic acids is 2. The number of hydrogen-bond donors (Lipinski definition) is 2. The lowest BCUT2D eigenvalue weighted by molar-refractivity contribution is -0.133. The summed E-state index contributed by atoms with van der Waals surface area (Å²) in [6.45, 7) is 2.18. The number of rotatable bonds is 5. The van der Waals surface area contributed by atoms with Gasteiger partial charge >= 0.3 is 0 Å². The highest BCUT2D eigenvalue weighted by Gasteiger charge is 2.26. The molecule has 2 aromatic rings. The Kier molecular flexibility index (Phi) is 4.94. The molecule has 1 unspecified atom stereocenters. The van der Waals surface area contributed by atoms with E-state index in [1.807, 2.05) is 24.3 Å². The fourth-order valence-corrected chi connectivity index (χ4v) is 2.94. The molecule has 0 bridgehead atoms. The maximum atomic E-state index is 11.8. The average Bonchev–Trinajstić information content (AvgIpc) is 2.59. The third-order valence-corrected chi connectivity index (χ3v) is 4.29. The molecule has 0 radical (unpaired) electrons. The van der Waals surface area contributed by atoms with Crippen LogP contribution in [0.5, 0.6) is 0 Å². The molecule has 2 aromatic carbocycles. The van der Waals surface area contributed by atoms with Crippen LogP contribution in [0.2, 0.25) is 0 Å². The molecular formula is C20H22N2O2. The van der Waals surface area contributed by atoms with Crippen molar-refractivity contribution < 1.29 is 9.59 Å². The Bertz CT molecular complexity index is 720. The summed E-state index contributed by atoms with van der Waals surface area (Å²) in [5, 5.41) is 5.55. The smallest absolute Gasteiger partial charge is 0.249 e. The van der Waals surface area contributed by atoms with Gasteiger partial charge < -0.3 is 5.32 Å². The molecule has 1 fully saturated rings. The van der Waals surface area contributed by atoms with Crippen molar-refractivity contribution in [2.24, 2.45) is 0 Å². The van der Waals surface area contributed by atoms with Crippen LogP contribution < -0.4 is 10.6 Å². The van der Waals surface area contributed by atoms with Crippen LogP contribution in [-0.4, -0.2) is 17.9 Å². The highest BCUT2D eigenvalue weighted by atomic mass is 16.2. The maximum Gasteiger partial charge on any atom is 0.249 e. The van der Waals surface area contributed by atoms with Crippen molar-refractivity contribution in [3.05, 3.63) is 54.1 Å². The topological polar surface area (TPSA) is 58.2 Å². The predicted molar refractivity (Wildman–Crippen MR) is 95.7 cm³/mol. The van der Waals surface area contributed by atoms with E-state index in [0.29, 0.717) is 12.8 Å². The normalized spacial score (nSPS) is 17.5. The molecule has 2 N–H and O–H groups in total. The van der Waals surface area contributed by atoms with Crippen LogP contribution in [0, 0.1) is 0 Å². The number of anilines is 1. The van der Waals surface area contributed by atoms with E-state index in [1.54, 1.807) is 0 Å². The number of amides is 2. The number of piperidine rings is 1. The minimum atomic E-state index is -0.345. The number of nitrogens with one attached hydrogen (secondary N) is 2. The van der Waals surface area contributed by atoms with Crippen molar-refractivity contribution in [2.75, 3.05) is 5.32 Å². The summed E-state index contributed by atoms with van der Waals surface area (Å²) in [4.78, 5) is 23.0. The Balaban J connectivity index is 1.66. The van der Waals surface area contributed by atoms with Gasteiger partial charge in [0.2, 0.25) is 11.8 Å². The monoisotopic (exact) mass is 322 g/mol. The number of hydrogen-bond acceptors (Lipinski definition) is 3. The van der Waals surface area contributed by atoms with Gasteiger partial charge in [-0.15, -0.1) is 0 Å². The van der Waals surface area contributed by atoms with Crippen LogP contribution in [0.25, 0.3) is 11.1 Å². The molecule has 1 aliphatic rings. The fourth-order valence-electron chi connectivity index (χ4n) is 2.94. The van der Waals surface area contributed by atoms with Gasteiger partial charge in [0.1, 0.15) is 6.04 Å². The van der Waals surface area contributed by atoms with Gasteiger partial charge in [-0.25, -0.2) is 0 Å². The first-order valence-electron chi connectivity index (χ1n) is 8.45. The number of benzene rings is 2. The number of carbonyl (C=O) groups is 2. The summed E-state index contributed by atoms with van der Waals surface area (Å²) >= 11 is 0. The molecule has 124 valence electrons. The predicted octanol–water partition coefficient (Wildman–Crippen LogP) is 3.52. The lowest BCUT2D eigenvalue weighted by atomic mass is 10.0. The zero-order valence-electron chi connectivity index (χ0n) is 13.8. The highest BCUT2D eigenvalue weighted by Crippen LogP contribution is 2.23. The minimum absolute atomic E-state index is 0.195. The molecule has 4 heteroatoms. The molecule has 2 amide bonds. The van der Waals surface area contributed by atoms with Gasteiger partial charge in [-0.2, -0.15) is 0 Å². The van der Waals surface area contributed by atoms with Crippen molar-refractivity contribution in [1.82, 2.24) is 5.32 Å². The van der Waals surface area contributed by atoms with Gasteiger partial charge in [0.15, 0.2) is 0 Å². The molecule has 24 heavy (non-hydrogen) atoms. The summed E-state index contributed by atoms with van der Waals surface area (Å²) < 4.78 is 0. The third-order valence-electron chi connectivity index (χ3n) is 4.29. The van der Waals surface area contributed by atoms with E-state index >= 15 is 0 Å². The second-order valence-electron chi connectivity index (χ2n) is 6.17. The minimum Gasteiger partial charge on any atom is -0.374 e. The second kappa shape index (κ2) is 7.30. The SMILES string of the molecule is CCCc1ccc(-c2ccc(NC3CCC(=O)NC3=O)cc2)cc1. The van der Waals surface area contributed by atoms with E-state index in [0.717, 1.165) is 24.1 Å².